The molecule has 0 aliphatic carbocycles. The van der Waals surface area contributed by atoms with Crippen LogP contribution in [0.1, 0.15) is 5.56 Å². The third kappa shape index (κ3) is 7.82. The molecule has 0 unspecified atom stereocenters. The summed E-state index contributed by atoms with van der Waals surface area (Å²) in [5.41, 5.74) is 1.32. The molecule has 0 N–H and O–H groups in total. The van der Waals surface area contributed by atoms with Crippen LogP contribution in [-0.4, -0.2) is 42.3 Å². The second-order valence-electron chi connectivity index (χ2n) is 3.25. The van der Waals surface area contributed by atoms with Gasteiger partial charge in [-0.2, -0.15) is 0 Å². The van der Waals surface area contributed by atoms with Gasteiger partial charge < -0.3 is 4.90 Å². The van der Waals surface area contributed by atoms with Gasteiger partial charge in [-0.15, -0.1) is 0 Å². The van der Waals surface area contributed by atoms with Crippen molar-refractivity contribution >= 4 is 20.7 Å². The zero-order valence-corrected chi connectivity index (χ0v) is 9.49. The molecule has 1 aromatic carbocycles. The van der Waals surface area contributed by atoms with Gasteiger partial charge in [0.1, 0.15) is 0 Å². The Labute approximate surface area is 83.8 Å². The minimum atomic E-state index is 1.25. The van der Waals surface area contributed by atoms with E-state index in [4.69, 9.17) is 0 Å². The van der Waals surface area contributed by atoms with Gasteiger partial charge in [-0.3, -0.25) is 0 Å². The molecular weight excluding hydrogens is 161 g/mol. The molecule has 0 saturated carbocycles. The van der Waals surface area contributed by atoms with E-state index in [0.717, 1.165) is 0 Å². The number of rotatable bonds is 0. The molecule has 0 atom stereocenters. The van der Waals surface area contributed by atoms with Crippen molar-refractivity contribution in [1.82, 2.24) is 4.90 Å². The average Bonchev–Trinajstić information content (AvgIpc) is 1.94. The van der Waals surface area contributed by atoms with Crippen LogP contribution in [0.3, 0.4) is 0 Å². The van der Waals surface area contributed by atoms with E-state index in [2.05, 4.69) is 47.5 Å². The van der Waals surface area contributed by atoms with Crippen LogP contribution >= 0.6 is 0 Å². The summed E-state index contributed by atoms with van der Waals surface area (Å²) in [6.45, 7) is 2.09. The molecule has 1 aromatic rings. The van der Waals surface area contributed by atoms with Crippen molar-refractivity contribution in [2.75, 3.05) is 21.1 Å². The molecule has 0 spiro atoms. The van der Waals surface area contributed by atoms with E-state index in [9.17, 15) is 0 Å². The molecule has 0 heterocycles. The van der Waals surface area contributed by atoms with Crippen molar-refractivity contribution in [3.63, 3.8) is 0 Å². The van der Waals surface area contributed by atoms with E-state index in [1.54, 1.807) is 0 Å². The Balaban J connectivity index is 0.000000261. The molecule has 0 aliphatic rings. The molecule has 0 bridgehead atoms. The number of hydrogen-bond acceptors (Lipinski definition) is 1. The summed E-state index contributed by atoms with van der Waals surface area (Å²) in [6, 6.07) is 8.37. The number of benzene rings is 1. The molecule has 0 radical (unpaired) electrons. The van der Waals surface area contributed by atoms with Gasteiger partial charge in [-0.05, 0) is 21.1 Å². The van der Waals surface area contributed by atoms with Crippen molar-refractivity contribution in [2.24, 2.45) is 0 Å². The van der Waals surface area contributed by atoms with Crippen LogP contribution in [-0.2, 0) is 0 Å². The van der Waals surface area contributed by atoms with E-state index < -0.39 is 0 Å². The second-order valence-corrected chi connectivity index (χ2v) is 3.92. The normalized spacial score (nSPS) is 9.25. The summed E-state index contributed by atoms with van der Waals surface area (Å²) < 4.78 is 1.25. The molecule has 0 amide bonds. The van der Waals surface area contributed by atoms with Gasteiger partial charge in [-0.25, -0.2) is 0 Å². The van der Waals surface area contributed by atoms with E-state index in [1.807, 2.05) is 26.0 Å². The third-order valence-electron chi connectivity index (χ3n) is 1.08. The van der Waals surface area contributed by atoms with Gasteiger partial charge in [0, 0.05) is 0 Å². The second kappa shape index (κ2) is 6.25. The van der Waals surface area contributed by atoms with Gasteiger partial charge in [0.15, 0.2) is 0 Å². The van der Waals surface area contributed by atoms with Gasteiger partial charge in [0.05, 0.1) is 0 Å². The first-order valence-electron chi connectivity index (χ1n) is 3.95. The van der Waals surface area contributed by atoms with Crippen LogP contribution in [0.2, 0.25) is 0 Å². The summed E-state index contributed by atoms with van der Waals surface area (Å²) in [5.74, 6) is 0. The molecular formula is C10H16AlN+2. The predicted molar refractivity (Wildman–Crippen MR) is 56.2 cm³/mol. The Hall–Kier alpha value is -0.288. The number of hydrogen-bond donors (Lipinski definition) is 0. The summed E-state index contributed by atoms with van der Waals surface area (Å²) in [5, 5.41) is 0. The van der Waals surface area contributed by atoms with Gasteiger partial charge in [-0.1, -0.05) is 0 Å². The molecule has 12 heavy (non-hydrogen) atoms. The summed E-state index contributed by atoms with van der Waals surface area (Å²) in [7, 11) is 6.00. The topological polar surface area (TPSA) is 3.24 Å². The Morgan fingerprint density at radius 2 is 1.33 bits per heavy atom. The van der Waals surface area contributed by atoms with Crippen LogP contribution in [0.15, 0.2) is 24.3 Å². The molecule has 0 aromatic heterocycles. The van der Waals surface area contributed by atoms with Gasteiger partial charge >= 0.3 is 57.5 Å². The molecule has 62 valence electrons. The molecule has 0 aliphatic heterocycles. The monoisotopic (exact) mass is 177 g/mol. The Morgan fingerprint density at radius 3 is 1.58 bits per heavy atom. The zero-order chi connectivity index (χ0) is 9.56. The van der Waals surface area contributed by atoms with Gasteiger partial charge in [0.2, 0.25) is 0 Å². The minimum absolute atomic E-state index is 1.25. The fourth-order valence-corrected chi connectivity index (χ4v) is 0.759. The first kappa shape index (κ1) is 11.7. The Morgan fingerprint density at radius 1 is 1.00 bits per heavy atom. The summed E-state index contributed by atoms with van der Waals surface area (Å²) in [4.78, 5) is 2.00. The summed E-state index contributed by atoms with van der Waals surface area (Å²) >= 11 is 2.65. The van der Waals surface area contributed by atoms with Crippen LogP contribution < -0.4 is 4.43 Å². The molecule has 0 fully saturated rings. The fourth-order valence-electron chi connectivity index (χ4n) is 0.566. The van der Waals surface area contributed by atoms with Gasteiger partial charge in [0.25, 0.3) is 0 Å². The molecule has 2 heteroatoms. The van der Waals surface area contributed by atoms with E-state index >= 15 is 0 Å². The van der Waals surface area contributed by atoms with Crippen molar-refractivity contribution in [1.29, 1.82) is 0 Å². The summed E-state index contributed by atoms with van der Waals surface area (Å²) in [6.07, 6.45) is 0. The van der Waals surface area contributed by atoms with Crippen LogP contribution in [0.5, 0.6) is 0 Å². The fraction of sp³-hybridized carbons (Fsp3) is 0.400. The maximum absolute atomic E-state index is 2.65. The van der Waals surface area contributed by atoms with Crippen molar-refractivity contribution in [3.8, 4) is 0 Å². The first-order valence-corrected chi connectivity index (χ1v) is 4.53. The molecule has 0 saturated heterocycles. The Kier molecular flexibility index (Phi) is 6.10. The van der Waals surface area contributed by atoms with E-state index in [-0.39, 0.29) is 0 Å². The third-order valence-corrected chi connectivity index (χ3v) is 1.46. The quantitative estimate of drug-likeness (QED) is 0.534. The predicted octanol–water partition coefficient (Wildman–Crippen LogP) is 0.967. The first-order chi connectivity index (χ1) is 5.52. The average molecular weight is 177 g/mol. The standard InChI is InChI=1S/C7H7.C3H9N.Al/c1-7-5-3-2-4-6-7;1-4(2)3;/h3-6H,1H3;1-3H3;/q;;+2. The Bertz CT molecular complexity index is 180. The van der Waals surface area contributed by atoms with Crippen molar-refractivity contribution < 1.29 is 0 Å². The van der Waals surface area contributed by atoms with Crippen LogP contribution in [0, 0.1) is 6.92 Å². The van der Waals surface area contributed by atoms with E-state index in [1.165, 1.54) is 9.99 Å². The molecule has 1 rings (SSSR count). The van der Waals surface area contributed by atoms with Crippen LogP contribution in [0.25, 0.3) is 0 Å². The maximum atomic E-state index is 2.65. The number of aryl methyl sites for hydroxylation is 1. The van der Waals surface area contributed by atoms with Crippen LogP contribution in [0.4, 0.5) is 0 Å². The zero-order valence-electron chi connectivity index (χ0n) is 8.33. The number of nitrogens with zero attached hydrogens (tertiary/aromatic N) is 1. The van der Waals surface area contributed by atoms with E-state index in [0.29, 0.717) is 0 Å². The van der Waals surface area contributed by atoms with Crippen molar-refractivity contribution in [3.05, 3.63) is 29.8 Å². The SMILES string of the molecule is CN(C)C.Cc1cc[c]([Al+2])cc1. The molecule has 1 nitrogen and oxygen atoms in total. The van der Waals surface area contributed by atoms with Crippen molar-refractivity contribution in [2.45, 2.75) is 6.92 Å².